The van der Waals surface area contributed by atoms with Gasteiger partial charge in [-0.2, -0.15) is 13.2 Å². The molecule has 9 heteroatoms. The molecule has 1 unspecified atom stereocenters. The fourth-order valence-electron chi connectivity index (χ4n) is 3.12. The van der Waals surface area contributed by atoms with Gasteiger partial charge in [-0.3, -0.25) is 4.79 Å². The van der Waals surface area contributed by atoms with Crippen LogP contribution in [-0.4, -0.2) is 49.8 Å². The highest BCUT2D eigenvalue weighted by molar-refractivity contribution is 5.85. The van der Waals surface area contributed by atoms with Crippen molar-refractivity contribution >= 4 is 18.3 Å². The lowest BCUT2D eigenvalue weighted by molar-refractivity contribution is -0.153. The number of carbonyl (C=O) groups is 1. The number of ether oxygens (including phenoxy) is 2. The molecule has 1 aliphatic rings. The molecule has 2 rings (SSSR count). The van der Waals surface area contributed by atoms with Gasteiger partial charge in [-0.15, -0.1) is 12.4 Å². The molecule has 1 aliphatic heterocycles. The number of alkyl halides is 3. The minimum Gasteiger partial charge on any atom is -0.493 e. The maximum absolute atomic E-state index is 12.5. The second-order valence-corrected chi connectivity index (χ2v) is 6.36. The zero-order chi connectivity index (χ0) is 19.2. The predicted molar refractivity (Wildman–Crippen MR) is 98.5 cm³/mol. The SMILES string of the molecule is COc1cc(CCC(=O)N2CCCCC2CN)ccc1OCC(F)(F)F.Cl. The summed E-state index contributed by atoms with van der Waals surface area (Å²) in [5, 5.41) is 0. The van der Waals surface area contributed by atoms with E-state index in [4.69, 9.17) is 15.2 Å². The molecule has 0 radical (unpaired) electrons. The van der Waals surface area contributed by atoms with Crippen LogP contribution in [-0.2, 0) is 11.2 Å². The van der Waals surface area contributed by atoms with Crippen LogP contribution in [0.3, 0.4) is 0 Å². The maximum atomic E-state index is 12.5. The average Bonchev–Trinajstić information content (AvgIpc) is 2.63. The molecule has 2 N–H and O–H groups in total. The monoisotopic (exact) mass is 410 g/mol. The molecule has 1 fully saturated rings. The summed E-state index contributed by atoms with van der Waals surface area (Å²) in [5.74, 6) is 0.299. The molecule has 0 aliphatic carbocycles. The number of methoxy groups -OCH3 is 1. The molecule has 5 nitrogen and oxygen atoms in total. The molecule has 0 spiro atoms. The largest absolute Gasteiger partial charge is 0.493 e. The molecule has 0 bridgehead atoms. The lowest BCUT2D eigenvalue weighted by Crippen LogP contribution is -2.47. The molecule has 27 heavy (non-hydrogen) atoms. The van der Waals surface area contributed by atoms with Crippen LogP contribution in [0.25, 0.3) is 0 Å². The highest BCUT2D eigenvalue weighted by Gasteiger charge is 2.29. The number of halogens is 4. The summed E-state index contributed by atoms with van der Waals surface area (Å²) in [5.41, 5.74) is 6.55. The Kier molecular flexibility index (Phi) is 9.18. The molecule has 154 valence electrons. The van der Waals surface area contributed by atoms with Gasteiger partial charge in [0.15, 0.2) is 18.1 Å². The topological polar surface area (TPSA) is 64.8 Å². The van der Waals surface area contributed by atoms with Gasteiger partial charge < -0.3 is 20.1 Å². The standard InChI is InChI=1S/C18H25F3N2O3.ClH/c1-25-16-10-13(5-7-15(16)26-12-18(19,20)21)6-8-17(24)23-9-3-2-4-14(23)11-22;/h5,7,10,14H,2-4,6,8-9,11-12,22H2,1H3;1H. The first-order valence-corrected chi connectivity index (χ1v) is 8.70. The van der Waals surface area contributed by atoms with Gasteiger partial charge in [-0.05, 0) is 43.4 Å². The Morgan fingerprint density at radius 3 is 2.67 bits per heavy atom. The molecule has 1 saturated heterocycles. The number of piperidine rings is 1. The molecule has 1 aromatic rings. The van der Waals surface area contributed by atoms with E-state index >= 15 is 0 Å². The molecular weight excluding hydrogens is 385 g/mol. The van der Waals surface area contributed by atoms with Crippen molar-refractivity contribution in [1.29, 1.82) is 0 Å². The third kappa shape index (κ3) is 7.10. The van der Waals surface area contributed by atoms with Gasteiger partial charge in [0.25, 0.3) is 0 Å². The van der Waals surface area contributed by atoms with E-state index in [9.17, 15) is 18.0 Å². The van der Waals surface area contributed by atoms with Crippen molar-refractivity contribution < 1.29 is 27.4 Å². The first-order valence-electron chi connectivity index (χ1n) is 8.70. The van der Waals surface area contributed by atoms with Crippen molar-refractivity contribution in [2.45, 2.75) is 44.3 Å². The summed E-state index contributed by atoms with van der Waals surface area (Å²) >= 11 is 0. The number of carbonyl (C=O) groups excluding carboxylic acids is 1. The number of nitrogens with zero attached hydrogens (tertiary/aromatic N) is 1. The molecule has 0 saturated carbocycles. The number of rotatable bonds is 7. The quantitative estimate of drug-likeness (QED) is 0.748. The average molecular weight is 411 g/mol. The predicted octanol–water partition coefficient (Wildman–Crippen LogP) is 3.33. The number of hydrogen-bond acceptors (Lipinski definition) is 4. The van der Waals surface area contributed by atoms with Crippen molar-refractivity contribution in [1.82, 2.24) is 4.90 Å². The summed E-state index contributed by atoms with van der Waals surface area (Å²) in [6.45, 7) is -0.185. The summed E-state index contributed by atoms with van der Waals surface area (Å²) in [6, 6.07) is 4.80. The summed E-state index contributed by atoms with van der Waals surface area (Å²) in [7, 11) is 1.37. The minimum absolute atomic E-state index is 0. The zero-order valence-electron chi connectivity index (χ0n) is 15.3. The fraction of sp³-hybridized carbons (Fsp3) is 0.611. The Labute approximate surface area is 163 Å². The van der Waals surface area contributed by atoms with Crippen LogP contribution >= 0.6 is 12.4 Å². The van der Waals surface area contributed by atoms with Crippen LogP contribution in [0.5, 0.6) is 11.5 Å². The van der Waals surface area contributed by atoms with E-state index in [1.165, 1.54) is 13.2 Å². The normalized spacial score (nSPS) is 17.2. The Morgan fingerprint density at radius 1 is 1.30 bits per heavy atom. The molecular formula is C18H26ClF3N2O3. The second-order valence-electron chi connectivity index (χ2n) is 6.36. The highest BCUT2D eigenvalue weighted by Crippen LogP contribution is 2.30. The Hall–Kier alpha value is -1.67. The van der Waals surface area contributed by atoms with Crippen molar-refractivity contribution in [2.24, 2.45) is 5.73 Å². The van der Waals surface area contributed by atoms with E-state index in [1.807, 2.05) is 4.90 Å². The van der Waals surface area contributed by atoms with Gasteiger partial charge in [0.1, 0.15) is 0 Å². The lowest BCUT2D eigenvalue weighted by Gasteiger charge is -2.35. The van der Waals surface area contributed by atoms with Crippen LogP contribution < -0.4 is 15.2 Å². The number of likely N-dealkylation sites (tertiary alicyclic amines) is 1. The van der Waals surface area contributed by atoms with E-state index in [1.54, 1.807) is 12.1 Å². The maximum Gasteiger partial charge on any atom is 0.422 e. The first kappa shape index (κ1) is 23.4. The molecule has 1 heterocycles. The highest BCUT2D eigenvalue weighted by atomic mass is 35.5. The van der Waals surface area contributed by atoms with Crippen LogP contribution in [0.15, 0.2) is 18.2 Å². The Bertz CT molecular complexity index is 614. The van der Waals surface area contributed by atoms with Gasteiger partial charge in [0.05, 0.1) is 7.11 Å². The van der Waals surface area contributed by atoms with Crippen LogP contribution in [0.2, 0.25) is 0 Å². The fourth-order valence-corrected chi connectivity index (χ4v) is 3.12. The molecule has 0 aromatic heterocycles. The Balaban J connectivity index is 0.00000364. The third-order valence-electron chi connectivity index (χ3n) is 4.47. The van der Waals surface area contributed by atoms with E-state index < -0.39 is 12.8 Å². The van der Waals surface area contributed by atoms with Crippen LogP contribution in [0.1, 0.15) is 31.2 Å². The van der Waals surface area contributed by atoms with Crippen molar-refractivity contribution in [3.63, 3.8) is 0 Å². The third-order valence-corrected chi connectivity index (χ3v) is 4.47. The number of hydrogen-bond donors (Lipinski definition) is 1. The summed E-state index contributed by atoms with van der Waals surface area (Å²) in [6.07, 6.45) is -0.611. The molecule has 1 amide bonds. The number of benzene rings is 1. The first-order chi connectivity index (χ1) is 12.3. The second kappa shape index (κ2) is 10.6. The van der Waals surface area contributed by atoms with E-state index in [2.05, 4.69) is 0 Å². The minimum atomic E-state index is -4.41. The molecule has 1 atom stereocenters. The van der Waals surface area contributed by atoms with E-state index in [-0.39, 0.29) is 35.9 Å². The van der Waals surface area contributed by atoms with E-state index in [0.717, 1.165) is 31.4 Å². The lowest BCUT2D eigenvalue weighted by atomic mass is 10.0. The van der Waals surface area contributed by atoms with Gasteiger partial charge in [0, 0.05) is 25.6 Å². The van der Waals surface area contributed by atoms with Crippen molar-refractivity contribution in [3.05, 3.63) is 23.8 Å². The van der Waals surface area contributed by atoms with Gasteiger partial charge >= 0.3 is 6.18 Å². The van der Waals surface area contributed by atoms with Gasteiger partial charge in [-0.25, -0.2) is 0 Å². The zero-order valence-corrected chi connectivity index (χ0v) is 16.1. The van der Waals surface area contributed by atoms with Crippen LogP contribution in [0, 0.1) is 0 Å². The van der Waals surface area contributed by atoms with E-state index in [0.29, 0.717) is 19.4 Å². The number of aryl methyl sites for hydroxylation is 1. The summed E-state index contributed by atoms with van der Waals surface area (Å²) < 4.78 is 46.7. The van der Waals surface area contributed by atoms with Crippen molar-refractivity contribution in [3.8, 4) is 11.5 Å². The molecule has 1 aromatic carbocycles. The number of amides is 1. The van der Waals surface area contributed by atoms with Gasteiger partial charge in [-0.1, -0.05) is 6.07 Å². The smallest absolute Gasteiger partial charge is 0.422 e. The number of nitrogens with two attached hydrogens (primary N) is 1. The Morgan fingerprint density at radius 2 is 2.04 bits per heavy atom. The van der Waals surface area contributed by atoms with Crippen LogP contribution in [0.4, 0.5) is 13.2 Å². The summed E-state index contributed by atoms with van der Waals surface area (Å²) in [4.78, 5) is 14.3. The van der Waals surface area contributed by atoms with Crippen molar-refractivity contribution in [2.75, 3.05) is 26.8 Å². The van der Waals surface area contributed by atoms with Gasteiger partial charge in [0.2, 0.25) is 5.91 Å².